The van der Waals surface area contributed by atoms with Crippen molar-refractivity contribution in [2.45, 2.75) is 31.5 Å². The Bertz CT molecular complexity index is 552. The molecule has 1 aliphatic rings. The van der Waals surface area contributed by atoms with Gasteiger partial charge in [-0.05, 0) is 37.1 Å². The number of methoxy groups -OCH3 is 1. The van der Waals surface area contributed by atoms with Crippen molar-refractivity contribution in [2.75, 3.05) is 26.7 Å². The first kappa shape index (κ1) is 17.2. The second-order valence-electron chi connectivity index (χ2n) is 6.75. The van der Waals surface area contributed by atoms with Crippen LogP contribution in [0.3, 0.4) is 0 Å². The molecule has 3 heteroatoms. The average Bonchev–Trinajstić information content (AvgIpc) is 2.64. The normalized spacial score (nSPS) is 17.1. The largest absolute Gasteiger partial charge is 0.377 e. The minimum absolute atomic E-state index is 0.0329. The van der Waals surface area contributed by atoms with Crippen molar-refractivity contribution in [3.05, 3.63) is 71.8 Å². The third kappa shape index (κ3) is 4.67. The van der Waals surface area contributed by atoms with E-state index in [4.69, 9.17) is 4.74 Å². The summed E-state index contributed by atoms with van der Waals surface area (Å²) in [5, 5.41) is 3.45. The van der Waals surface area contributed by atoms with Gasteiger partial charge in [-0.15, -0.1) is 0 Å². The van der Waals surface area contributed by atoms with Crippen molar-refractivity contribution in [2.24, 2.45) is 0 Å². The van der Waals surface area contributed by atoms with Crippen molar-refractivity contribution in [3.8, 4) is 0 Å². The molecule has 0 amide bonds. The first-order valence-corrected chi connectivity index (χ1v) is 8.86. The molecule has 1 N–H and O–H groups in total. The van der Waals surface area contributed by atoms with Gasteiger partial charge in [0, 0.05) is 26.7 Å². The third-order valence-electron chi connectivity index (χ3n) is 4.96. The second-order valence-corrected chi connectivity index (χ2v) is 6.75. The van der Waals surface area contributed by atoms with Crippen molar-refractivity contribution in [1.29, 1.82) is 0 Å². The van der Waals surface area contributed by atoms with Crippen molar-refractivity contribution in [1.82, 2.24) is 10.2 Å². The third-order valence-corrected chi connectivity index (χ3v) is 4.96. The first-order valence-electron chi connectivity index (χ1n) is 8.86. The van der Waals surface area contributed by atoms with Gasteiger partial charge in [0.1, 0.15) is 0 Å². The molecule has 0 unspecified atom stereocenters. The Balaban J connectivity index is 1.75. The lowest BCUT2D eigenvalue weighted by Gasteiger charge is -2.40. The van der Waals surface area contributed by atoms with Gasteiger partial charge in [-0.3, -0.25) is 4.90 Å². The second kappa shape index (κ2) is 8.43. The Morgan fingerprint density at radius 1 is 0.875 bits per heavy atom. The van der Waals surface area contributed by atoms with Gasteiger partial charge >= 0.3 is 0 Å². The van der Waals surface area contributed by atoms with Crippen LogP contribution < -0.4 is 5.32 Å². The van der Waals surface area contributed by atoms with Crippen molar-refractivity contribution < 1.29 is 4.74 Å². The van der Waals surface area contributed by atoms with Crippen LogP contribution in [0.15, 0.2) is 60.7 Å². The molecule has 0 aromatic heterocycles. The van der Waals surface area contributed by atoms with Crippen molar-refractivity contribution >= 4 is 0 Å². The van der Waals surface area contributed by atoms with Gasteiger partial charge in [0.15, 0.2) is 0 Å². The van der Waals surface area contributed by atoms with E-state index in [9.17, 15) is 0 Å². The standard InChI is InChI=1S/C21H28N2O/c1-24-21(12-14-22-15-13-21)18-23(16-19-8-4-2-5-9-19)17-20-10-6-3-7-11-20/h2-11,22H,12-18H2,1H3. The molecule has 2 aromatic carbocycles. The fourth-order valence-electron chi connectivity index (χ4n) is 3.57. The molecular weight excluding hydrogens is 296 g/mol. The molecule has 3 nitrogen and oxygen atoms in total. The highest BCUT2D eigenvalue weighted by atomic mass is 16.5. The summed E-state index contributed by atoms with van der Waals surface area (Å²) >= 11 is 0. The lowest BCUT2D eigenvalue weighted by Crippen LogP contribution is -2.50. The molecule has 0 aliphatic carbocycles. The molecule has 0 saturated carbocycles. The molecule has 1 fully saturated rings. The minimum Gasteiger partial charge on any atom is -0.377 e. The Labute approximate surface area is 145 Å². The van der Waals surface area contributed by atoms with Gasteiger partial charge < -0.3 is 10.1 Å². The minimum atomic E-state index is -0.0329. The number of hydrogen-bond acceptors (Lipinski definition) is 3. The van der Waals surface area contributed by atoms with Crippen LogP contribution in [0.25, 0.3) is 0 Å². The summed E-state index contributed by atoms with van der Waals surface area (Å²) in [5.41, 5.74) is 2.68. The number of piperidine rings is 1. The van der Waals surface area contributed by atoms with Crippen LogP contribution in [0.5, 0.6) is 0 Å². The molecule has 3 rings (SSSR count). The van der Waals surface area contributed by atoms with E-state index in [0.29, 0.717) is 0 Å². The quantitative estimate of drug-likeness (QED) is 0.844. The Morgan fingerprint density at radius 2 is 1.38 bits per heavy atom. The SMILES string of the molecule is COC1(CN(Cc2ccccc2)Cc2ccccc2)CCNCC1. The molecule has 0 spiro atoms. The van der Waals surface area contributed by atoms with Crippen LogP contribution in [-0.4, -0.2) is 37.2 Å². The van der Waals surface area contributed by atoms with Gasteiger partial charge in [-0.25, -0.2) is 0 Å². The predicted octanol–water partition coefficient (Wildman–Crippen LogP) is 3.46. The molecule has 0 bridgehead atoms. The van der Waals surface area contributed by atoms with E-state index in [1.54, 1.807) is 0 Å². The maximum Gasteiger partial charge on any atom is 0.0829 e. The van der Waals surface area contributed by atoms with Crippen LogP contribution in [0.1, 0.15) is 24.0 Å². The van der Waals surface area contributed by atoms with Gasteiger partial charge in [0.25, 0.3) is 0 Å². The molecule has 1 aliphatic heterocycles. The summed E-state index contributed by atoms with van der Waals surface area (Å²) in [7, 11) is 1.87. The van der Waals surface area contributed by atoms with Crippen LogP contribution >= 0.6 is 0 Å². The Morgan fingerprint density at radius 3 is 1.83 bits per heavy atom. The van der Waals surface area contributed by atoms with Gasteiger partial charge in [0.05, 0.1) is 5.60 Å². The van der Waals surface area contributed by atoms with Gasteiger partial charge in [-0.2, -0.15) is 0 Å². The number of nitrogens with zero attached hydrogens (tertiary/aromatic N) is 1. The molecule has 2 aromatic rings. The maximum atomic E-state index is 6.00. The number of nitrogens with one attached hydrogen (secondary N) is 1. The lowest BCUT2D eigenvalue weighted by atomic mass is 9.91. The van der Waals surface area contributed by atoms with E-state index in [1.807, 2.05) is 7.11 Å². The highest BCUT2D eigenvalue weighted by Gasteiger charge is 2.33. The summed E-state index contributed by atoms with van der Waals surface area (Å²) in [4.78, 5) is 2.53. The van der Waals surface area contributed by atoms with Crippen LogP contribution in [0.4, 0.5) is 0 Å². The highest BCUT2D eigenvalue weighted by molar-refractivity contribution is 5.17. The van der Waals surface area contributed by atoms with Crippen molar-refractivity contribution in [3.63, 3.8) is 0 Å². The summed E-state index contributed by atoms with van der Waals surface area (Å²) < 4.78 is 6.00. The monoisotopic (exact) mass is 324 g/mol. The topological polar surface area (TPSA) is 24.5 Å². The Hall–Kier alpha value is -1.68. The fourth-order valence-corrected chi connectivity index (χ4v) is 3.57. The zero-order valence-electron chi connectivity index (χ0n) is 14.6. The summed E-state index contributed by atoms with van der Waals surface area (Å²) in [6, 6.07) is 21.5. The number of ether oxygens (including phenoxy) is 1. The maximum absolute atomic E-state index is 6.00. The molecule has 128 valence electrons. The van der Waals surface area contributed by atoms with E-state index in [-0.39, 0.29) is 5.60 Å². The highest BCUT2D eigenvalue weighted by Crippen LogP contribution is 2.25. The zero-order chi connectivity index (χ0) is 16.7. The van der Waals surface area contributed by atoms with Gasteiger partial charge in [0.2, 0.25) is 0 Å². The zero-order valence-corrected chi connectivity index (χ0v) is 14.6. The Kier molecular flexibility index (Phi) is 6.02. The van der Waals surface area contributed by atoms with E-state index in [2.05, 4.69) is 70.9 Å². The van der Waals surface area contributed by atoms with E-state index in [0.717, 1.165) is 45.6 Å². The summed E-state index contributed by atoms with van der Waals surface area (Å²) in [6.07, 6.45) is 2.15. The summed E-state index contributed by atoms with van der Waals surface area (Å²) in [6.45, 7) is 4.95. The van der Waals surface area contributed by atoms with E-state index >= 15 is 0 Å². The van der Waals surface area contributed by atoms with E-state index < -0.39 is 0 Å². The van der Waals surface area contributed by atoms with Gasteiger partial charge in [-0.1, -0.05) is 60.7 Å². The molecule has 0 atom stereocenters. The van der Waals surface area contributed by atoms with Crippen LogP contribution in [0.2, 0.25) is 0 Å². The number of benzene rings is 2. The number of hydrogen-bond donors (Lipinski definition) is 1. The molecule has 1 saturated heterocycles. The number of rotatable bonds is 7. The van der Waals surface area contributed by atoms with Crippen LogP contribution in [0, 0.1) is 0 Å². The fraction of sp³-hybridized carbons (Fsp3) is 0.429. The smallest absolute Gasteiger partial charge is 0.0829 e. The summed E-state index contributed by atoms with van der Waals surface area (Å²) in [5.74, 6) is 0. The first-order chi connectivity index (χ1) is 11.8. The predicted molar refractivity (Wildman–Crippen MR) is 98.8 cm³/mol. The molecule has 0 radical (unpaired) electrons. The lowest BCUT2D eigenvalue weighted by molar-refractivity contribution is -0.0602. The van der Waals surface area contributed by atoms with E-state index in [1.165, 1.54) is 11.1 Å². The molecule has 1 heterocycles. The molecule has 24 heavy (non-hydrogen) atoms. The van der Waals surface area contributed by atoms with Crippen LogP contribution in [-0.2, 0) is 17.8 Å². The molecular formula is C21H28N2O. The average molecular weight is 324 g/mol.